The molecular formula is C11H16ClN3. The molecule has 1 aliphatic heterocycles. The van der Waals surface area contributed by atoms with Crippen LogP contribution in [0.4, 0.5) is 5.82 Å². The van der Waals surface area contributed by atoms with Gasteiger partial charge in [0.1, 0.15) is 5.82 Å². The highest BCUT2D eigenvalue weighted by molar-refractivity contribution is 6.16. The molecule has 2 rings (SSSR count). The molecule has 1 fully saturated rings. The normalized spacial score (nSPS) is 21.7. The van der Waals surface area contributed by atoms with E-state index in [9.17, 15) is 0 Å². The molecule has 0 radical (unpaired) electrons. The molecule has 0 spiro atoms. The fourth-order valence-corrected chi connectivity index (χ4v) is 2.12. The van der Waals surface area contributed by atoms with Gasteiger partial charge >= 0.3 is 0 Å². The van der Waals surface area contributed by atoms with E-state index in [-0.39, 0.29) is 0 Å². The summed E-state index contributed by atoms with van der Waals surface area (Å²) in [7, 11) is 0. The predicted molar refractivity (Wildman–Crippen MR) is 62.2 cm³/mol. The average Bonchev–Trinajstić information content (AvgIpc) is 2.29. The summed E-state index contributed by atoms with van der Waals surface area (Å²) in [6, 6.07) is 0. The number of anilines is 1. The van der Waals surface area contributed by atoms with E-state index in [1.165, 1.54) is 12.8 Å². The van der Waals surface area contributed by atoms with E-state index in [1.54, 1.807) is 6.20 Å². The van der Waals surface area contributed by atoms with Gasteiger partial charge in [-0.25, -0.2) is 4.98 Å². The molecule has 15 heavy (non-hydrogen) atoms. The summed E-state index contributed by atoms with van der Waals surface area (Å²) in [5.41, 5.74) is 0.838. The topological polar surface area (TPSA) is 29.0 Å². The Morgan fingerprint density at radius 2 is 2.33 bits per heavy atom. The molecule has 0 N–H and O–H groups in total. The molecule has 0 amide bonds. The van der Waals surface area contributed by atoms with Crippen LogP contribution in [0.1, 0.15) is 25.5 Å². The molecule has 0 aromatic carbocycles. The van der Waals surface area contributed by atoms with Gasteiger partial charge in [-0.1, -0.05) is 6.92 Å². The van der Waals surface area contributed by atoms with Crippen LogP contribution < -0.4 is 4.90 Å². The van der Waals surface area contributed by atoms with Crippen LogP contribution in [0.25, 0.3) is 0 Å². The fourth-order valence-electron chi connectivity index (χ4n) is 1.98. The van der Waals surface area contributed by atoms with Crippen molar-refractivity contribution in [2.75, 3.05) is 18.0 Å². The lowest BCUT2D eigenvalue weighted by atomic mass is 10.0. The van der Waals surface area contributed by atoms with Crippen molar-refractivity contribution in [3.63, 3.8) is 0 Å². The highest BCUT2D eigenvalue weighted by Gasteiger charge is 2.17. The number of hydrogen-bond acceptors (Lipinski definition) is 3. The van der Waals surface area contributed by atoms with Gasteiger partial charge in [0.25, 0.3) is 0 Å². The highest BCUT2D eigenvalue weighted by atomic mass is 35.5. The first-order chi connectivity index (χ1) is 7.29. The van der Waals surface area contributed by atoms with Crippen LogP contribution in [0.3, 0.4) is 0 Å². The highest BCUT2D eigenvalue weighted by Crippen LogP contribution is 2.20. The van der Waals surface area contributed by atoms with Gasteiger partial charge in [0.15, 0.2) is 0 Å². The number of nitrogens with zero attached hydrogens (tertiary/aromatic N) is 3. The first kappa shape index (κ1) is 10.7. The van der Waals surface area contributed by atoms with Crippen LogP contribution in [-0.4, -0.2) is 23.1 Å². The first-order valence-electron chi connectivity index (χ1n) is 5.41. The van der Waals surface area contributed by atoms with Crippen molar-refractivity contribution < 1.29 is 0 Å². The van der Waals surface area contributed by atoms with Crippen LogP contribution >= 0.6 is 11.6 Å². The molecule has 1 aromatic rings. The number of aromatic nitrogens is 2. The second kappa shape index (κ2) is 4.79. The van der Waals surface area contributed by atoms with Gasteiger partial charge in [-0.15, -0.1) is 11.6 Å². The molecule has 1 atom stereocenters. The zero-order chi connectivity index (χ0) is 10.7. The largest absolute Gasteiger partial charge is 0.355 e. The molecular weight excluding hydrogens is 210 g/mol. The van der Waals surface area contributed by atoms with E-state index >= 15 is 0 Å². The Morgan fingerprint density at radius 1 is 1.47 bits per heavy atom. The van der Waals surface area contributed by atoms with Crippen molar-refractivity contribution in [3.05, 3.63) is 18.1 Å². The van der Waals surface area contributed by atoms with Crippen molar-refractivity contribution >= 4 is 17.4 Å². The maximum atomic E-state index is 5.67. The maximum Gasteiger partial charge on any atom is 0.147 e. The van der Waals surface area contributed by atoms with E-state index in [0.717, 1.165) is 30.5 Å². The summed E-state index contributed by atoms with van der Waals surface area (Å²) in [4.78, 5) is 11.0. The van der Waals surface area contributed by atoms with Gasteiger partial charge < -0.3 is 4.90 Å². The monoisotopic (exact) mass is 225 g/mol. The maximum absolute atomic E-state index is 5.67. The Kier molecular flexibility index (Phi) is 3.41. The van der Waals surface area contributed by atoms with Crippen molar-refractivity contribution in [2.45, 2.75) is 25.6 Å². The van der Waals surface area contributed by atoms with E-state index in [1.807, 2.05) is 6.20 Å². The summed E-state index contributed by atoms with van der Waals surface area (Å²) in [6.45, 7) is 4.47. The van der Waals surface area contributed by atoms with Gasteiger partial charge in [0.2, 0.25) is 0 Å². The molecule has 3 nitrogen and oxygen atoms in total. The summed E-state index contributed by atoms with van der Waals surface area (Å²) in [5, 5.41) is 0. The SMILES string of the molecule is CC1CCCN(c2cnc(CCl)cn2)C1. The minimum absolute atomic E-state index is 0.434. The van der Waals surface area contributed by atoms with Crippen molar-refractivity contribution in [1.29, 1.82) is 0 Å². The molecule has 82 valence electrons. The van der Waals surface area contributed by atoms with Crippen LogP contribution in [0.15, 0.2) is 12.4 Å². The van der Waals surface area contributed by atoms with Crippen molar-refractivity contribution in [1.82, 2.24) is 9.97 Å². The first-order valence-corrected chi connectivity index (χ1v) is 5.95. The van der Waals surface area contributed by atoms with Crippen LogP contribution in [0.5, 0.6) is 0 Å². The molecule has 0 aliphatic carbocycles. The Balaban J connectivity index is 2.07. The lowest BCUT2D eigenvalue weighted by Gasteiger charge is -2.31. The molecule has 1 aromatic heterocycles. The number of rotatable bonds is 2. The minimum atomic E-state index is 0.434. The van der Waals surface area contributed by atoms with E-state index in [0.29, 0.717) is 5.88 Å². The Morgan fingerprint density at radius 3 is 2.93 bits per heavy atom. The molecule has 0 bridgehead atoms. The molecule has 1 aliphatic rings. The van der Waals surface area contributed by atoms with Crippen LogP contribution in [0, 0.1) is 5.92 Å². The Labute approximate surface area is 95.5 Å². The third-order valence-electron chi connectivity index (χ3n) is 2.81. The average molecular weight is 226 g/mol. The fraction of sp³-hybridized carbons (Fsp3) is 0.636. The number of piperidine rings is 1. The Hall–Kier alpha value is -0.830. The van der Waals surface area contributed by atoms with Crippen molar-refractivity contribution in [3.8, 4) is 0 Å². The quantitative estimate of drug-likeness (QED) is 0.724. The van der Waals surface area contributed by atoms with Gasteiger partial charge in [-0.05, 0) is 18.8 Å². The van der Waals surface area contributed by atoms with E-state index in [2.05, 4.69) is 21.8 Å². The summed E-state index contributed by atoms with van der Waals surface area (Å²) in [5.74, 6) is 2.17. The second-order valence-electron chi connectivity index (χ2n) is 4.19. The third-order valence-corrected chi connectivity index (χ3v) is 3.08. The molecule has 2 heterocycles. The van der Waals surface area contributed by atoms with Crippen LogP contribution in [-0.2, 0) is 5.88 Å². The summed E-state index contributed by atoms with van der Waals surface area (Å²) in [6.07, 6.45) is 6.17. The van der Waals surface area contributed by atoms with Gasteiger partial charge in [-0.3, -0.25) is 4.98 Å². The van der Waals surface area contributed by atoms with E-state index in [4.69, 9.17) is 11.6 Å². The Bertz CT molecular complexity index is 312. The molecule has 0 saturated carbocycles. The third kappa shape index (κ3) is 2.59. The zero-order valence-corrected chi connectivity index (χ0v) is 9.74. The van der Waals surface area contributed by atoms with Crippen molar-refractivity contribution in [2.24, 2.45) is 5.92 Å². The van der Waals surface area contributed by atoms with E-state index < -0.39 is 0 Å². The molecule has 1 unspecified atom stereocenters. The lowest BCUT2D eigenvalue weighted by Crippen LogP contribution is -2.34. The standard InChI is InChI=1S/C11H16ClN3/c1-9-3-2-4-15(8-9)11-7-13-10(5-12)6-14-11/h6-7,9H,2-5,8H2,1H3. The molecule has 4 heteroatoms. The second-order valence-corrected chi connectivity index (χ2v) is 4.46. The number of hydrogen-bond donors (Lipinski definition) is 0. The van der Waals surface area contributed by atoms with Crippen LogP contribution in [0.2, 0.25) is 0 Å². The van der Waals surface area contributed by atoms with Gasteiger partial charge in [0, 0.05) is 13.1 Å². The minimum Gasteiger partial charge on any atom is -0.355 e. The number of alkyl halides is 1. The zero-order valence-electron chi connectivity index (χ0n) is 8.99. The smallest absolute Gasteiger partial charge is 0.147 e. The summed E-state index contributed by atoms with van der Waals surface area (Å²) >= 11 is 5.67. The summed E-state index contributed by atoms with van der Waals surface area (Å²) < 4.78 is 0. The molecule has 1 saturated heterocycles. The van der Waals surface area contributed by atoms with Gasteiger partial charge in [-0.2, -0.15) is 0 Å². The lowest BCUT2D eigenvalue weighted by molar-refractivity contribution is 0.444. The van der Waals surface area contributed by atoms with Gasteiger partial charge in [0.05, 0.1) is 24.0 Å². The number of halogens is 1. The predicted octanol–water partition coefficient (Wildman–Crippen LogP) is 2.45.